The molecule has 4 N–H and O–H groups in total. The predicted molar refractivity (Wildman–Crippen MR) is 80.7 cm³/mol. The molecule has 3 rings (SSSR count). The number of hydrogen-bond donors (Lipinski definition) is 4. The van der Waals surface area contributed by atoms with Gasteiger partial charge >= 0.3 is 6.09 Å². The van der Waals surface area contributed by atoms with E-state index >= 15 is 0 Å². The third-order valence-electron chi connectivity index (χ3n) is 3.12. The molecule has 0 saturated heterocycles. The van der Waals surface area contributed by atoms with Crippen LogP contribution >= 0.6 is 0 Å². The molecule has 0 atom stereocenters. The number of aromatic nitrogens is 1. The van der Waals surface area contributed by atoms with Crippen LogP contribution in [0.15, 0.2) is 45.9 Å². The first-order chi connectivity index (χ1) is 11.0. The van der Waals surface area contributed by atoms with E-state index < -0.39 is 11.8 Å². The number of amides is 1. The normalized spacial score (nSPS) is 10.6. The smallest absolute Gasteiger partial charge is 0.409 e. The van der Waals surface area contributed by atoms with Gasteiger partial charge in [0.25, 0.3) is 0 Å². The number of carboxylic acid groups (broad SMARTS) is 1. The van der Waals surface area contributed by atoms with Crippen LogP contribution in [0.25, 0.3) is 22.3 Å². The Balaban J connectivity index is 2.30. The fourth-order valence-corrected chi connectivity index (χ4v) is 2.22. The van der Waals surface area contributed by atoms with Crippen LogP contribution in [0.5, 0.6) is 11.5 Å². The van der Waals surface area contributed by atoms with Crippen molar-refractivity contribution in [3.63, 3.8) is 0 Å². The van der Waals surface area contributed by atoms with E-state index in [1.54, 1.807) is 0 Å². The number of pyridine rings is 1. The minimum Gasteiger partial charge on any atom is -0.508 e. The Bertz CT molecular complexity index is 979. The van der Waals surface area contributed by atoms with Crippen molar-refractivity contribution >= 4 is 22.7 Å². The molecule has 0 radical (unpaired) electrons. The van der Waals surface area contributed by atoms with Gasteiger partial charge in [0.15, 0.2) is 11.0 Å². The zero-order chi connectivity index (χ0) is 16.6. The third-order valence-corrected chi connectivity index (χ3v) is 3.12. The van der Waals surface area contributed by atoms with Crippen molar-refractivity contribution in [1.82, 2.24) is 4.98 Å². The molecule has 23 heavy (non-hydrogen) atoms. The molecular weight excluding hydrogens is 304 g/mol. The Labute approximate surface area is 128 Å². The van der Waals surface area contributed by atoms with Crippen molar-refractivity contribution in [2.24, 2.45) is 0 Å². The Morgan fingerprint density at radius 1 is 1.22 bits per heavy atom. The second-order valence-corrected chi connectivity index (χ2v) is 4.66. The second kappa shape index (κ2) is 5.34. The monoisotopic (exact) mass is 314 g/mol. The molecule has 2 aromatic heterocycles. The van der Waals surface area contributed by atoms with Gasteiger partial charge in [-0.05, 0) is 6.07 Å². The Kier molecular flexibility index (Phi) is 3.34. The number of rotatable bonds is 2. The molecule has 0 aliphatic rings. The molecule has 8 heteroatoms. The number of nitrogens with one attached hydrogen (secondary N) is 1. The Morgan fingerprint density at radius 3 is 2.74 bits per heavy atom. The van der Waals surface area contributed by atoms with Gasteiger partial charge in [0.05, 0.1) is 22.8 Å². The van der Waals surface area contributed by atoms with Crippen LogP contribution in [0.2, 0.25) is 0 Å². The summed E-state index contributed by atoms with van der Waals surface area (Å²) in [5.74, 6) is -0.850. The van der Waals surface area contributed by atoms with Crippen LogP contribution in [0.3, 0.4) is 0 Å². The van der Waals surface area contributed by atoms with Gasteiger partial charge in [-0.3, -0.25) is 15.1 Å². The lowest BCUT2D eigenvalue weighted by molar-refractivity contribution is 0.210. The number of benzene rings is 1. The summed E-state index contributed by atoms with van der Waals surface area (Å²) in [7, 11) is 0. The molecule has 116 valence electrons. The molecule has 0 spiro atoms. The summed E-state index contributed by atoms with van der Waals surface area (Å²) in [6.45, 7) is 0. The van der Waals surface area contributed by atoms with Gasteiger partial charge in [0.1, 0.15) is 17.3 Å². The lowest BCUT2D eigenvalue weighted by Gasteiger charge is -2.11. The van der Waals surface area contributed by atoms with Crippen LogP contribution in [0.4, 0.5) is 10.5 Å². The molecule has 2 heterocycles. The van der Waals surface area contributed by atoms with Gasteiger partial charge < -0.3 is 19.7 Å². The number of fused-ring (bicyclic) bond motifs is 1. The molecule has 1 aromatic carbocycles. The van der Waals surface area contributed by atoms with Gasteiger partial charge in [-0.1, -0.05) is 0 Å². The van der Waals surface area contributed by atoms with E-state index in [1.165, 1.54) is 18.5 Å². The summed E-state index contributed by atoms with van der Waals surface area (Å²) < 4.78 is 5.53. The maximum absolute atomic E-state index is 12.1. The van der Waals surface area contributed by atoms with Crippen molar-refractivity contribution in [1.29, 1.82) is 0 Å². The number of aromatic hydroxyl groups is 2. The van der Waals surface area contributed by atoms with Crippen LogP contribution in [0.1, 0.15) is 0 Å². The minimum atomic E-state index is -1.40. The number of phenolic OH excluding ortho intramolecular Hbond substituents is 2. The predicted octanol–water partition coefficient (Wildman–Crippen LogP) is 2.36. The third kappa shape index (κ3) is 2.64. The van der Waals surface area contributed by atoms with E-state index in [2.05, 4.69) is 4.98 Å². The zero-order valence-electron chi connectivity index (χ0n) is 11.5. The van der Waals surface area contributed by atoms with Crippen LogP contribution < -0.4 is 10.7 Å². The minimum absolute atomic E-state index is 0.0586. The average Bonchev–Trinajstić information content (AvgIpc) is 2.46. The molecule has 0 aliphatic carbocycles. The van der Waals surface area contributed by atoms with Gasteiger partial charge in [0, 0.05) is 24.4 Å². The topological polar surface area (TPSA) is 133 Å². The summed E-state index contributed by atoms with van der Waals surface area (Å²) in [6, 6.07) is 4.71. The van der Waals surface area contributed by atoms with E-state index in [9.17, 15) is 19.8 Å². The lowest BCUT2D eigenvalue weighted by Crippen LogP contribution is -2.09. The maximum atomic E-state index is 12.1. The van der Waals surface area contributed by atoms with E-state index in [4.69, 9.17) is 9.52 Å². The molecule has 0 fully saturated rings. The van der Waals surface area contributed by atoms with Gasteiger partial charge in [0.2, 0.25) is 0 Å². The van der Waals surface area contributed by atoms with Crippen LogP contribution in [-0.2, 0) is 0 Å². The molecule has 3 aromatic rings. The van der Waals surface area contributed by atoms with E-state index in [0.29, 0.717) is 5.39 Å². The number of hydrogen-bond acceptors (Lipinski definition) is 6. The van der Waals surface area contributed by atoms with Crippen LogP contribution in [-0.4, -0.2) is 26.4 Å². The number of anilines is 1. The molecular formula is C15H10N2O6. The molecule has 1 amide bonds. The summed E-state index contributed by atoms with van der Waals surface area (Å²) in [5, 5.41) is 30.8. The van der Waals surface area contributed by atoms with Crippen molar-refractivity contribution in [3.05, 3.63) is 46.9 Å². The van der Waals surface area contributed by atoms with Crippen molar-refractivity contribution < 1.29 is 24.5 Å². The highest BCUT2D eigenvalue weighted by Gasteiger charge is 2.18. The summed E-state index contributed by atoms with van der Waals surface area (Å²) in [5.41, 5.74) is -0.379. The molecule has 0 saturated carbocycles. The highest BCUT2D eigenvalue weighted by molar-refractivity contribution is 5.93. The molecule has 0 aliphatic heterocycles. The fourth-order valence-electron chi connectivity index (χ4n) is 2.22. The maximum Gasteiger partial charge on any atom is 0.409 e. The summed E-state index contributed by atoms with van der Waals surface area (Å²) in [4.78, 5) is 26.9. The lowest BCUT2D eigenvalue weighted by atomic mass is 10.1. The van der Waals surface area contributed by atoms with Crippen LogP contribution in [0, 0.1) is 0 Å². The fraction of sp³-hybridized carbons (Fsp3) is 0. The second-order valence-electron chi connectivity index (χ2n) is 4.66. The highest BCUT2D eigenvalue weighted by Crippen LogP contribution is 2.39. The van der Waals surface area contributed by atoms with Crippen molar-refractivity contribution in [3.8, 4) is 22.8 Å². The number of phenols is 2. The Hall–Kier alpha value is -3.55. The van der Waals surface area contributed by atoms with Gasteiger partial charge in [-0.15, -0.1) is 0 Å². The van der Waals surface area contributed by atoms with E-state index in [-0.39, 0.29) is 33.8 Å². The Morgan fingerprint density at radius 2 is 2.00 bits per heavy atom. The average molecular weight is 314 g/mol. The first-order valence-electron chi connectivity index (χ1n) is 6.40. The summed E-state index contributed by atoms with van der Waals surface area (Å²) in [6.07, 6.45) is 1.37. The van der Waals surface area contributed by atoms with Crippen molar-refractivity contribution in [2.75, 3.05) is 5.32 Å². The van der Waals surface area contributed by atoms with Crippen molar-refractivity contribution in [2.45, 2.75) is 0 Å². The molecule has 8 nitrogen and oxygen atoms in total. The SMILES string of the molecule is O=C(O)Nc1cc(O)cc(O)c1-c1cc(=O)c2ccncc2o1. The first kappa shape index (κ1) is 14.4. The molecule has 0 unspecified atom stereocenters. The van der Waals surface area contributed by atoms with Gasteiger partial charge in [-0.25, -0.2) is 4.79 Å². The largest absolute Gasteiger partial charge is 0.508 e. The number of nitrogens with zero attached hydrogens (tertiary/aromatic N) is 1. The number of carbonyl (C=O) groups is 1. The van der Waals surface area contributed by atoms with E-state index in [0.717, 1.165) is 18.2 Å². The first-order valence-corrected chi connectivity index (χ1v) is 6.40. The van der Waals surface area contributed by atoms with Gasteiger partial charge in [-0.2, -0.15) is 0 Å². The highest BCUT2D eigenvalue weighted by atomic mass is 16.4. The zero-order valence-corrected chi connectivity index (χ0v) is 11.5. The summed E-state index contributed by atoms with van der Waals surface area (Å²) >= 11 is 0. The standard InChI is InChI=1S/C15H10N2O6/c18-7-3-9(17-15(21)22)14(11(20)4-7)12-5-10(19)8-1-2-16-6-13(8)23-12/h1-6,17-18,20H,(H,21,22). The molecule has 0 bridgehead atoms. The van der Waals surface area contributed by atoms with E-state index in [1.807, 2.05) is 5.32 Å². The quantitative estimate of drug-likeness (QED) is 0.570.